The normalized spacial score (nSPS) is 10.5. The Balaban J connectivity index is 1.37. The minimum atomic E-state index is -0.0442. The van der Waals surface area contributed by atoms with Crippen LogP contribution in [0.4, 0.5) is 0 Å². The molecule has 0 unspecified atom stereocenters. The maximum Gasteiger partial charge on any atom is 0.220 e. The first-order valence-electron chi connectivity index (χ1n) is 8.67. The van der Waals surface area contributed by atoms with Crippen LogP contribution < -0.4 is 10.1 Å². The van der Waals surface area contributed by atoms with Gasteiger partial charge in [0.2, 0.25) is 5.91 Å². The Bertz CT molecular complexity index is 843. The van der Waals surface area contributed by atoms with E-state index in [-0.39, 0.29) is 5.91 Å². The number of nitrogens with zero attached hydrogens (tertiary/aromatic N) is 1. The van der Waals surface area contributed by atoms with Crippen LogP contribution in [0.5, 0.6) is 5.75 Å². The lowest BCUT2D eigenvalue weighted by Crippen LogP contribution is -2.28. The van der Waals surface area contributed by atoms with Crippen LogP contribution in [0, 0.1) is 6.92 Å². The summed E-state index contributed by atoms with van der Waals surface area (Å²) in [4.78, 5) is 16.2. The summed E-state index contributed by atoms with van der Waals surface area (Å²) in [6.45, 7) is 2.92. The third-order valence-corrected chi connectivity index (χ3v) is 3.86. The zero-order chi connectivity index (χ0) is 18.2. The predicted octanol–water partition coefficient (Wildman–Crippen LogP) is 3.78. The lowest BCUT2D eigenvalue weighted by Gasteiger charge is -2.08. The van der Waals surface area contributed by atoms with Gasteiger partial charge in [-0.1, -0.05) is 42.5 Å². The van der Waals surface area contributed by atoms with E-state index in [1.165, 1.54) is 0 Å². The second kappa shape index (κ2) is 8.85. The second-order valence-electron chi connectivity index (χ2n) is 6.00. The van der Waals surface area contributed by atoms with E-state index in [0.29, 0.717) is 37.6 Å². The molecule has 1 aromatic heterocycles. The number of carbonyl (C=O) groups is 1. The minimum Gasteiger partial charge on any atom is -0.492 e. The van der Waals surface area contributed by atoms with Gasteiger partial charge in [-0.05, 0) is 24.6 Å². The molecule has 0 aliphatic rings. The number of aromatic nitrogens is 1. The van der Waals surface area contributed by atoms with Crippen molar-refractivity contribution in [2.24, 2.45) is 0 Å². The van der Waals surface area contributed by atoms with Gasteiger partial charge in [0.15, 0.2) is 11.7 Å². The average Bonchev–Trinajstić information content (AvgIpc) is 3.13. The highest BCUT2D eigenvalue weighted by molar-refractivity contribution is 5.76. The van der Waals surface area contributed by atoms with Crippen molar-refractivity contribution in [3.8, 4) is 17.1 Å². The molecule has 1 heterocycles. The smallest absolute Gasteiger partial charge is 0.220 e. The molecule has 5 heteroatoms. The fraction of sp³-hybridized carbons (Fsp3) is 0.238. The van der Waals surface area contributed by atoms with Gasteiger partial charge in [0.25, 0.3) is 0 Å². The fourth-order valence-corrected chi connectivity index (χ4v) is 2.54. The number of benzene rings is 2. The van der Waals surface area contributed by atoms with Gasteiger partial charge < -0.3 is 14.5 Å². The molecular weight excluding hydrogens is 328 g/mol. The summed E-state index contributed by atoms with van der Waals surface area (Å²) < 4.78 is 11.3. The molecule has 0 radical (unpaired) electrons. The molecule has 2 aromatic carbocycles. The van der Waals surface area contributed by atoms with Gasteiger partial charge in [-0.2, -0.15) is 0 Å². The van der Waals surface area contributed by atoms with E-state index in [2.05, 4.69) is 10.3 Å². The first-order valence-corrected chi connectivity index (χ1v) is 8.67. The number of nitrogens with one attached hydrogen (secondary N) is 1. The van der Waals surface area contributed by atoms with E-state index in [1.807, 2.05) is 61.5 Å². The van der Waals surface area contributed by atoms with Crippen molar-refractivity contribution in [3.63, 3.8) is 0 Å². The van der Waals surface area contributed by atoms with Crippen molar-refractivity contribution in [3.05, 3.63) is 72.2 Å². The zero-order valence-corrected chi connectivity index (χ0v) is 14.8. The number of carbonyl (C=O) groups excluding carboxylic acids is 1. The number of amides is 1. The molecule has 0 bridgehead atoms. The standard InChI is InChI=1S/C21H22N2O3/c1-16-6-5-9-18(14-16)25-13-12-22-20(24)10-11-21-23-15-19(26-21)17-7-3-2-4-8-17/h2-9,14-15H,10-13H2,1H3,(H,22,24). The van der Waals surface area contributed by atoms with Crippen molar-refractivity contribution < 1.29 is 13.9 Å². The highest BCUT2D eigenvalue weighted by atomic mass is 16.5. The van der Waals surface area contributed by atoms with Gasteiger partial charge in [-0.15, -0.1) is 0 Å². The first-order chi connectivity index (χ1) is 12.7. The summed E-state index contributed by atoms with van der Waals surface area (Å²) in [7, 11) is 0. The van der Waals surface area contributed by atoms with Crippen LogP contribution in [0.15, 0.2) is 65.2 Å². The van der Waals surface area contributed by atoms with Crippen LogP contribution in [0.2, 0.25) is 0 Å². The minimum absolute atomic E-state index is 0.0442. The average molecular weight is 350 g/mol. The molecule has 0 spiro atoms. The van der Waals surface area contributed by atoms with Crippen molar-refractivity contribution in [1.82, 2.24) is 10.3 Å². The van der Waals surface area contributed by atoms with E-state index >= 15 is 0 Å². The Kier molecular flexibility index (Phi) is 6.04. The molecule has 3 rings (SSSR count). The van der Waals surface area contributed by atoms with Crippen LogP contribution in [0.25, 0.3) is 11.3 Å². The summed E-state index contributed by atoms with van der Waals surface area (Å²) in [5.74, 6) is 2.05. The van der Waals surface area contributed by atoms with E-state index in [1.54, 1.807) is 6.20 Å². The molecule has 0 aliphatic carbocycles. The van der Waals surface area contributed by atoms with Gasteiger partial charge in [-0.3, -0.25) is 4.79 Å². The van der Waals surface area contributed by atoms with Crippen molar-refractivity contribution in [1.29, 1.82) is 0 Å². The third kappa shape index (κ3) is 5.21. The van der Waals surface area contributed by atoms with Gasteiger partial charge >= 0.3 is 0 Å². The van der Waals surface area contributed by atoms with Crippen molar-refractivity contribution in [2.45, 2.75) is 19.8 Å². The highest BCUT2D eigenvalue weighted by Crippen LogP contribution is 2.20. The molecule has 0 saturated carbocycles. The molecule has 5 nitrogen and oxygen atoms in total. The number of ether oxygens (including phenoxy) is 1. The number of rotatable bonds is 8. The second-order valence-corrected chi connectivity index (χ2v) is 6.00. The maximum atomic E-state index is 11.9. The van der Waals surface area contributed by atoms with Crippen LogP contribution in [0.1, 0.15) is 17.9 Å². The number of hydrogen-bond donors (Lipinski definition) is 1. The lowest BCUT2D eigenvalue weighted by atomic mass is 10.2. The Morgan fingerprint density at radius 2 is 2.00 bits per heavy atom. The predicted molar refractivity (Wildman–Crippen MR) is 99.9 cm³/mol. The van der Waals surface area contributed by atoms with E-state index in [9.17, 15) is 4.79 Å². The van der Waals surface area contributed by atoms with E-state index in [0.717, 1.165) is 16.9 Å². The summed E-state index contributed by atoms with van der Waals surface area (Å²) >= 11 is 0. The largest absolute Gasteiger partial charge is 0.492 e. The molecule has 1 amide bonds. The summed E-state index contributed by atoms with van der Waals surface area (Å²) in [6.07, 6.45) is 2.49. The summed E-state index contributed by atoms with van der Waals surface area (Å²) in [5, 5.41) is 2.84. The molecule has 0 atom stereocenters. The zero-order valence-electron chi connectivity index (χ0n) is 14.8. The molecule has 1 N–H and O–H groups in total. The molecule has 26 heavy (non-hydrogen) atoms. The fourth-order valence-electron chi connectivity index (χ4n) is 2.54. The Hall–Kier alpha value is -3.08. The first kappa shape index (κ1) is 17.7. The third-order valence-electron chi connectivity index (χ3n) is 3.86. The Morgan fingerprint density at radius 1 is 1.15 bits per heavy atom. The van der Waals surface area contributed by atoms with Crippen LogP contribution in [-0.2, 0) is 11.2 Å². The number of hydrogen-bond acceptors (Lipinski definition) is 4. The van der Waals surface area contributed by atoms with Crippen molar-refractivity contribution in [2.75, 3.05) is 13.2 Å². The molecule has 0 saturated heterocycles. The summed E-state index contributed by atoms with van der Waals surface area (Å²) in [6, 6.07) is 17.6. The molecule has 0 aliphatic heterocycles. The highest BCUT2D eigenvalue weighted by Gasteiger charge is 2.08. The quantitative estimate of drug-likeness (QED) is 0.628. The molecule has 0 fully saturated rings. The monoisotopic (exact) mass is 350 g/mol. The summed E-state index contributed by atoms with van der Waals surface area (Å²) in [5.41, 5.74) is 2.12. The van der Waals surface area contributed by atoms with E-state index < -0.39 is 0 Å². The Morgan fingerprint density at radius 3 is 2.81 bits per heavy atom. The van der Waals surface area contributed by atoms with Crippen LogP contribution in [-0.4, -0.2) is 24.0 Å². The number of aryl methyl sites for hydroxylation is 2. The van der Waals surface area contributed by atoms with Gasteiger partial charge in [-0.25, -0.2) is 4.98 Å². The molecule has 134 valence electrons. The molecule has 3 aromatic rings. The SMILES string of the molecule is Cc1cccc(OCCNC(=O)CCc2ncc(-c3ccccc3)o2)c1. The molecular formula is C21H22N2O3. The maximum absolute atomic E-state index is 11.9. The van der Waals surface area contributed by atoms with Crippen LogP contribution >= 0.6 is 0 Å². The number of oxazole rings is 1. The van der Waals surface area contributed by atoms with Gasteiger partial charge in [0.1, 0.15) is 12.4 Å². The van der Waals surface area contributed by atoms with Crippen LogP contribution in [0.3, 0.4) is 0 Å². The van der Waals surface area contributed by atoms with Gasteiger partial charge in [0, 0.05) is 18.4 Å². The van der Waals surface area contributed by atoms with Crippen molar-refractivity contribution >= 4 is 5.91 Å². The lowest BCUT2D eigenvalue weighted by molar-refractivity contribution is -0.121. The Labute approximate surface area is 153 Å². The van der Waals surface area contributed by atoms with E-state index in [4.69, 9.17) is 9.15 Å². The van der Waals surface area contributed by atoms with Gasteiger partial charge in [0.05, 0.1) is 12.7 Å². The topological polar surface area (TPSA) is 64.4 Å².